The third-order valence-corrected chi connectivity index (χ3v) is 3.55. The molecule has 7 nitrogen and oxygen atoms in total. The Morgan fingerprint density at radius 1 is 1.12 bits per heavy atom. The molecular formula is C17H16ClN5O2. The SMILES string of the molecule is O=C(Cn1nnc(COc2ccccc2)n1)NCc1ccc(Cl)cc1. The normalized spacial score (nSPS) is 10.4. The van der Waals surface area contributed by atoms with E-state index in [-0.39, 0.29) is 19.1 Å². The molecule has 0 saturated carbocycles. The topological polar surface area (TPSA) is 81.9 Å². The lowest BCUT2D eigenvalue weighted by Crippen LogP contribution is -2.28. The number of carbonyl (C=O) groups is 1. The van der Waals surface area contributed by atoms with Crippen LogP contribution in [0.4, 0.5) is 0 Å². The van der Waals surface area contributed by atoms with Crippen LogP contribution in [0.15, 0.2) is 54.6 Å². The number of amides is 1. The number of hydrogen-bond donors (Lipinski definition) is 1. The molecule has 1 heterocycles. The molecule has 2 aromatic carbocycles. The van der Waals surface area contributed by atoms with Crippen molar-refractivity contribution in [2.75, 3.05) is 0 Å². The third kappa shape index (κ3) is 5.29. The number of benzene rings is 2. The van der Waals surface area contributed by atoms with Gasteiger partial charge < -0.3 is 10.1 Å². The van der Waals surface area contributed by atoms with Crippen molar-refractivity contribution in [3.05, 3.63) is 71.0 Å². The Morgan fingerprint density at radius 3 is 2.64 bits per heavy atom. The fourth-order valence-electron chi connectivity index (χ4n) is 2.05. The maximum Gasteiger partial charge on any atom is 0.243 e. The van der Waals surface area contributed by atoms with Gasteiger partial charge in [-0.25, -0.2) is 0 Å². The second-order valence-electron chi connectivity index (χ2n) is 5.24. The molecule has 128 valence electrons. The van der Waals surface area contributed by atoms with Gasteiger partial charge >= 0.3 is 0 Å². The average Bonchev–Trinajstić information content (AvgIpc) is 3.08. The lowest BCUT2D eigenvalue weighted by molar-refractivity contribution is -0.122. The molecule has 0 spiro atoms. The van der Waals surface area contributed by atoms with Gasteiger partial charge in [0.05, 0.1) is 0 Å². The van der Waals surface area contributed by atoms with Crippen molar-refractivity contribution in [3.8, 4) is 5.75 Å². The highest BCUT2D eigenvalue weighted by atomic mass is 35.5. The molecule has 0 aliphatic rings. The fraction of sp³-hybridized carbons (Fsp3) is 0.176. The van der Waals surface area contributed by atoms with Crippen molar-refractivity contribution in [2.45, 2.75) is 19.7 Å². The monoisotopic (exact) mass is 357 g/mol. The van der Waals surface area contributed by atoms with Gasteiger partial charge in [-0.2, -0.15) is 4.80 Å². The third-order valence-electron chi connectivity index (χ3n) is 3.29. The molecule has 1 amide bonds. The quantitative estimate of drug-likeness (QED) is 0.701. The zero-order valence-electron chi connectivity index (χ0n) is 13.3. The van der Waals surface area contributed by atoms with Crippen molar-refractivity contribution in [3.63, 3.8) is 0 Å². The van der Waals surface area contributed by atoms with Crippen LogP contribution in [0.1, 0.15) is 11.4 Å². The number of tetrazole rings is 1. The Bertz CT molecular complexity index is 821. The van der Waals surface area contributed by atoms with Crippen molar-refractivity contribution >= 4 is 17.5 Å². The number of hydrogen-bond acceptors (Lipinski definition) is 5. The summed E-state index contributed by atoms with van der Waals surface area (Å²) in [5.41, 5.74) is 0.959. The molecule has 0 atom stereocenters. The van der Waals surface area contributed by atoms with Gasteiger partial charge in [-0.05, 0) is 35.0 Å². The highest BCUT2D eigenvalue weighted by Gasteiger charge is 2.08. The number of halogens is 1. The zero-order valence-corrected chi connectivity index (χ0v) is 14.1. The predicted octanol–water partition coefficient (Wildman–Crippen LogP) is 2.22. The molecule has 1 N–H and O–H groups in total. The van der Waals surface area contributed by atoms with Crippen LogP contribution in [0.3, 0.4) is 0 Å². The number of para-hydroxylation sites is 1. The Morgan fingerprint density at radius 2 is 1.88 bits per heavy atom. The van der Waals surface area contributed by atoms with Gasteiger partial charge in [0.2, 0.25) is 11.7 Å². The molecule has 0 fully saturated rings. The first-order valence-corrected chi connectivity index (χ1v) is 8.02. The van der Waals surface area contributed by atoms with Gasteiger partial charge in [-0.3, -0.25) is 4.79 Å². The summed E-state index contributed by atoms with van der Waals surface area (Å²) in [5, 5.41) is 15.3. The summed E-state index contributed by atoms with van der Waals surface area (Å²) in [6.45, 7) is 0.594. The van der Waals surface area contributed by atoms with Gasteiger partial charge in [-0.15, -0.1) is 10.2 Å². The second kappa shape index (κ2) is 8.25. The molecule has 0 saturated heterocycles. The molecule has 0 bridgehead atoms. The van der Waals surface area contributed by atoms with Crippen LogP contribution < -0.4 is 10.1 Å². The summed E-state index contributed by atoms with van der Waals surface area (Å²) in [6, 6.07) is 16.6. The maximum atomic E-state index is 11.9. The molecule has 25 heavy (non-hydrogen) atoms. The van der Waals surface area contributed by atoms with Gasteiger partial charge in [0.15, 0.2) is 6.61 Å². The van der Waals surface area contributed by atoms with Gasteiger partial charge in [0.25, 0.3) is 0 Å². The molecule has 8 heteroatoms. The van der Waals surface area contributed by atoms with E-state index in [1.54, 1.807) is 12.1 Å². The number of nitrogens with one attached hydrogen (secondary N) is 1. The number of nitrogens with zero attached hydrogens (tertiary/aromatic N) is 4. The number of aromatic nitrogens is 4. The summed E-state index contributed by atoms with van der Waals surface area (Å²) < 4.78 is 5.54. The highest BCUT2D eigenvalue weighted by molar-refractivity contribution is 6.30. The first-order chi connectivity index (χ1) is 12.2. The summed E-state index contributed by atoms with van der Waals surface area (Å²) in [6.07, 6.45) is 0. The highest BCUT2D eigenvalue weighted by Crippen LogP contribution is 2.10. The van der Waals surface area contributed by atoms with Gasteiger partial charge in [0, 0.05) is 11.6 Å². The van der Waals surface area contributed by atoms with Crippen molar-refractivity contribution in [2.24, 2.45) is 0 Å². The summed E-state index contributed by atoms with van der Waals surface area (Å²) >= 11 is 5.82. The van der Waals surface area contributed by atoms with E-state index >= 15 is 0 Å². The second-order valence-corrected chi connectivity index (χ2v) is 5.68. The molecule has 3 aromatic rings. The van der Waals surface area contributed by atoms with E-state index in [4.69, 9.17) is 16.3 Å². The van der Waals surface area contributed by atoms with Crippen LogP contribution in [0.5, 0.6) is 5.75 Å². The predicted molar refractivity (Wildman–Crippen MR) is 91.9 cm³/mol. The summed E-state index contributed by atoms with van der Waals surface area (Å²) in [5.74, 6) is 0.928. The number of ether oxygens (including phenoxy) is 1. The van der Waals surface area contributed by atoms with Crippen LogP contribution in [-0.4, -0.2) is 26.1 Å². The molecule has 0 unspecified atom stereocenters. The van der Waals surface area contributed by atoms with Crippen molar-refractivity contribution in [1.82, 2.24) is 25.5 Å². The molecule has 3 rings (SSSR count). The fourth-order valence-corrected chi connectivity index (χ4v) is 2.18. The Kier molecular flexibility index (Phi) is 5.58. The van der Waals surface area contributed by atoms with E-state index in [0.29, 0.717) is 17.4 Å². The lowest BCUT2D eigenvalue weighted by atomic mass is 10.2. The Labute approximate surface area is 149 Å². The first-order valence-electron chi connectivity index (χ1n) is 7.65. The molecule has 0 radical (unpaired) electrons. The smallest absolute Gasteiger partial charge is 0.243 e. The van der Waals surface area contributed by atoms with Crippen LogP contribution in [-0.2, 0) is 24.5 Å². The van der Waals surface area contributed by atoms with Crippen LogP contribution in [0, 0.1) is 0 Å². The van der Waals surface area contributed by atoms with Crippen LogP contribution in [0.25, 0.3) is 0 Å². The first kappa shape index (κ1) is 16.9. The van der Waals surface area contributed by atoms with E-state index in [9.17, 15) is 4.79 Å². The zero-order chi connectivity index (χ0) is 17.5. The Hall–Kier alpha value is -2.93. The standard InChI is InChI=1S/C17H16ClN5O2/c18-14-8-6-13(7-9-14)10-19-17(24)11-23-21-16(20-22-23)12-25-15-4-2-1-3-5-15/h1-9H,10-12H2,(H,19,24). The van der Waals surface area contributed by atoms with E-state index in [0.717, 1.165) is 11.3 Å². The number of carbonyl (C=O) groups excluding carboxylic acids is 1. The number of rotatable bonds is 7. The lowest BCUT2D eigenvalue weighted by Gasteiger charge is -2.04. The van der Waals surface area contributed by atoms with Crippen molar-refractivity contribution < 1.29 is 9.53 Å². The van der Waals surface area contributed by atoms with Gasteiger partial charge in [-0.1, -0.05) is 41.9 Å². The van der Waals surface area contributed by atoms with Crippen LogP contribution >= 0.6 is 11.6 Å². The van der Waals surface area contributed by atoms with E-state index < -0.39 is 0 Å². The van der Waals surface area contributed by atoms with Crippen molar-refractivity contribution in [1.29, 1.82) is 0 Å². The van der Waals surface area contributed by atoms with E-state index in [1.165, 1.54) is 4.80 Å². The molecule has 1 aromatic heterocycles. The average molecular weight is 358 g/mol. The Balaban J connectivity index is 1.45. The largest absolute Gasteiger partial charge is 0.485 e. The minimum Gasteiger partial charge on any atom is -0.485 e. The van der Waals surface area contributed by atoms with E-state index in [2.05, 4.69) is 20.7 Å². The van der Waals surface area contributed by atoms with Crippen LogP contribution in [0.2, 0.25) is 5.02 Å². The summed E-state index contributed by atoms with van der Waals surface area (Å²) in [4.78, 5) is 13.2. The van der Waals surface area contributed by atoms with Gasteiger partial charge in [0.1, 0.15) is 12.3 Å². The molecule has 0 aliphatic heterocycles. The summed E-state index contributed by atoms with van der Waals surface area (Å²) in [7, 11) is 0. The molecule has 0 aliphatic carbocycles. The minimum atomic E-state index is -0.206. The van der Waals surface area contributed by atoms with E-state index in [1.807, 2.05) is 42.5 Å². The minimum absolute atomic E-state index is 0.00801. The molecular weight excluding hydrogens is 342 g/mol. The maximum absolute atomic E-state index is 11.9.